The van der Waals surface area contributed by atoms with Crippen LogP contribution in [-0.4, -0.2) is 9.97 Å². The monoisotopic (exact) mass is 447 g/mol. The van der Waals surface area contributed by atoms with Crippen LogP contribution in [0.4, 0.5) is 17.1 Å². The third-order valence-corrected chi connectivity index (χ3v) is 8.43. The number of hydrogen-bond donors (Lipinski definition) is 0. The Hall–Kier alpha value is -4.24. The van der Waals surface area contributed by atoms with Gasteiger partial charge in [-0.05, 0) is 92.7 Å². The summed E-state index contributed by atoms with van der Waals surface area (Å²) in [4.78, 5) is 11.7. The molecule has 0 spiro atoms. The van der Waals surface area contributed by atoms with Gasteiger partial charge in [-0.3, -0.25) is 9.97 Å². The van der Waals surface area contributed by atoms with Gasteiger partial charge in [-0.25, -0.2) is 0 Å². The second-order valence-corrected chi connectivity index (χ2v) is 10.2. The van der Waals surface area contributed by atoms with Gasteiger partial charge < -0.3 is 4.90 Å². The molecular formula is C32H21N3. The van der Waals surface area contributed by atoms with E-state index in [1.807, 2.05) is 18.6 Å². The maximum Gasteiger partial charge on any atom is 0.0716 e. The van der Waals surface area contributed by atoms with Gasteiger partial charge in [0, 0.05) is 37.0 Å². The van der Waals surface area contributed by atoms with Gasteiger partial charge >= 0.3 is 0 Å². The summed E-state index contributed by atoms with van der Waals surface area (Å²) >= 11 is 0. The first-order valence-electron chi connectivity index (χ1n) is 12.4. The molecule has 3 heteroatoms. The van der Waals surface area contributed by atoms with Crippen LogP contribution in [0.5, 0.6) is 0 Å². The van der Waals surface area contributed by atoms with E-state index >= 15 is 0 Å². The lowest BCUT2D eigenvalue weighted by Crippen LogP contribution is -2.25. The molecule has 0 fully saturated rings. The van der Waals surface area contributed by atoms with Crippen molar-refractivity contribution in [3.05, 3.63) is 124 Å². The predicted molar refractivity (Wildman–Crippen MR) is 139 cm³/mol. The topological polar surface area (TPSA) is 29.0 Å². The maximum atomic E-state index is 4.78. The standard InChI is InChI=1S/C32H21N3/c1-2-4-24-18(3-1)11-21-13-22-12-19-5-6-30-27(31(19)26(22)16-25(21)24)14-20-7-10-34-28-15-23-17-33-9-8-29(23)35(30)32(20)28/h1-10,13,16-17H,11-12,14-15H2. The molecule has 164 valence electrons. The first-order valence-corrected chi connectivity index (χ1v) is 12.4. The van der Waals surface area contributed by atoms with E-state index in [9.17, 15) is 0 Å². The van der Waals surface area contributed by atoms with Gasteiger partial charge in [0.25, 0.3) is 0 Å². The number of aromatic nitrogens is 2. The molecule has 0 saturated carbocycles. The molecule has 0 bridgehead atoms. The average molecular weight is 448 g/mol. The summed E-state index contributed by atoms with van der Waals surface area (Å²) in [6.45, 7) is 0. The lowest BCUT2D eigenvalue weighted by atomic mass is 9.85. The predicted octanol–water partition coefficient (Wildman–Crippen LogP) is 6.90. The second kappa shape index (κ2) is 6.25. The minimum atomic E-state index is 0.845. The molecule has 4 aliphatic rings. The summed E-state index contributed by atoms with van der Waals surface area (Å²) in [5.41, 5.74) is 20.6. The molecule has 3 nitrogen and oxygen atoms in total. The molecule has 0 amide bonds. The van der Waals surface area contributed by atoms with Crippen LogP contribution in [0.1, 0.15) is 44.6 Å². The highest BCUT2D eigenvalue weighted by Gasteiger charge is 2.36. The minimum absolute atomic E-state index is 0.845. The van der Waals surface area contributed by atoms with E-state index in [2.05, 4.69) is 70.5 Å². The molecule has 0 saturated heterocycles. The van der Waals surface area contributed by atoms with Crippen LogP contribution in [0.15, 0.2) is 79.3 Å². The molecule has 0 unspecified atom stereocenters. The second-order valence-electron chi connectivity index (χ2n) is 10.2. The smallest absolute Gasteiger partial charge is 0.0716 e. The van der Waals surface area contributed by atoms with Crippen molar-refractivity contribution in [3.63, 3.8) is 0 Å². The molecule has 5 aromatic rings. The zero-order chi connectivity index (χ0) is 22.7. The Kier molecular flexibility index (Phi) is 3.24. The Morgan fingerprint density at radius 1 is 0.600 bits per heavy atom. The van der Waals surface area contributed by atoms with Gasteiger partial charge in [0.2, 0.25) is 0 Å². The molecule has 0 N–H and O–H groups in total. The molecule has 35 heavy (non-hydrogen) atoms. The first-order chi connectivity index (χ1) is 17.3. The first kappa shape index (κ1) is 18.1. The summed E-state index contributed by atoms with van der Waals surface area (Å²) < 4.78 is 0. The molecule has 2 aromatic heterocycles. The SMILES string of the molecule is c1ccc2c(c1)Cc1cc3c(cc1-2)-c1c(ccc2c1Cc1ccnc4c1N2c1ccncc1C4)C3. The number of hydrogen-bond acceptors (Lipinski definition) is 3. The molecular weight excluding hydrogens is 426 g/mol. The van der Waals surface area contributed by atoms with Crippen LogP contribution in [0.2, 0.25) is 0 Å². The van der Waals surface area contributed by atoms with Crippen molar-refractivity contribution in [2.24, 2.45) is 0 Å². The summed E-state index contributed by atoms with van der Waals surface area (Å²) in [5.74, 6) is 0. The number of anilines is 3. The van der Waals surface area contributed by atoms with Crippen LogP contribution in [0.3, 0.4) is 0 Å². The molecule has 4 heterocycles. The molecule has 2 aliphatic carbocycles. The number of fused-ring (bicyclic) bond motifs is 11. The lowest BCUT2D eigenvalue weighted by Gasteiger charge is -2.39. The van der Waals surface area contributed by atoms with Crippen molar-refractivity contribution >= 4 is 17.1 Å². The fraction of sp³-hybridized carbons (Fsp3) is 0.125. The third kappa shape index (κ3) is 2.26. The van der Waals surface area contributed by atoms with E-state index in [0.29, 0.717) is 0 Å². The van der Waals surface area contributed by atoms with Gasteiger partial charge in [-0.2, -0.15) is 0 Å². The van der Waals surface area contributed by atoms with E-state index in [1.54, 1.807) is 0 Å². The van der Waals surface area contributed by atoms with E-state index in [1.165, 1.54) is 78.3 Å². The zero-order valence-electron chi connectivity index (χ0n) is 19.2. The Balaban J connectivity index is 1.30. The Morgan fingerprint density at radius 2 is 1.51 bits per heavy atom. The largest absolute Gasteiger partial charge is 0.308 e. The van der Waals surface area contributed by atoms with Crippen LogP contribution >= 0.6 is 0 Å². The van der Waals surface area contributed by atoms with Crippen LogP contribution in [0.25, 0.3) is 22.3 Å². The Bertz CT molecular complexity index is 1760. The van der Waals surface area contributed by atoms with Gasteiger partial charge in [0.15, 0.2) is 0 Å². The Labute approximate surface area is 203 Å². The average Bonchev–Trinajstić information content (AvgIpc) is 3.44. The van der Waals surface area contributed by atoms with Crippen molar-refractivity contribution in [2.45, 2.75) is 25.7 Å². The van der Waals surface area contributed by atoms with E-state index in [-0.39, 0.29) is 0 Å². The van der Waals surface area contributed by atoms with E-state index < -0.39 is 0 Å². The number of benzene rings is 3. The molecule has 3 aromatic carbocycles. The van der Waals surface area contributed by atoms with Crippen molar-refractivity contribution in [2.75, 3.05) is 4.90 Å². The normalized spacial score (nSPS) is 14.9. The van der Waals surface area contributed by atoms with Crippen LogP contribution in [0, 0.1) is 0 Å². The fourth-order valence-electron chi connectivity index (χ4n) is 6.98. The van der Waals surface area contributed by atoms with E-state index in [4.69, 9.17) is 4.98 Å². The molecule has 0 radical (unpaired) electrons. The Morgan fingerprint density at radius 3 is 2.51 bits per heavy atom. The maximum absolute atomic E-state index is 4.78. The van der Waals surface area contributed by atoms with Gasteiger partial charge in [0.05, 0.1) is 22.8 Å². The van der Waals surface area contributed by atoms with E-state index in [0.717, 1.165) is 31.4 Å². The van der Waals surface area contributed by atoms with Crippen molar-refractivity contribution in [1.29, 1.82) is 0 Å². The number of rotatable bonds is 0. The van der Waals surface area contributed by atoms with Crippen LogP contribution in [-0.2, 0) is 25.7 Å². The molecule has 2 aliphatic heterocycles. The highest BCUT2D eigenvalue weighted by atomic mass is 15.2. The molecule has 9 rings (SSSR count). The van der Waals surface area contributed by atoms with Gasteiger partial charge in [0.1, 0.15) is 0 Å². The summed E-state index contributed by atoms with van der Waals surface area (Å²) in [6, 6.07) is 23.0. The highest BCUT2D eigenvalue weighted by molar-refractivity contribution is 5.95. The van der Waals surface area contributed by atoms with Crippen LogP contribution < -0.4 is 4.90 Å². The van der Waals surface area contributed by atoms with Crippen molar-refractivity contribution < 1.29 is 0 Å². The van der Waals surface area contributed by atoms with Crippen molar-refractivity contribution in [1.82, 2.24) is 9.97 Å². The summed E-state index contributed by atoms with van der Waals surface area (Å²) in [5, 5.41) is 0. The summed E-state index contributed by atoms with van der Waals surface area (Å²) in [6.07, 6.45) is 9.78. The minimum Gasteiger partial charge on any atom is -0.308 e. The highest BCUT2D eigenvalue weighted by Crippen LogP contribution is 2.54. The van der Waals surface area contributed by atoms with Crippen molar-refractivity contribution in [3.8, 4) is 22.3 Å². The fourth-order valence-corrected chi connectivity index (χ4v) is 6.98. The molecule has 0 atom stereocenters. The summed E-state index contributed by atoms with van der Waals surface area (Å²) in [7, 11) is 0. The van der Waals surface area contributed by atoms with Gasteiger partial charge in [-0.1, -0.05) is 36.4 Å². The zero-order valence-corrected chi connectivity index (χ0v) is 19.2. The number of pyridine rings is 2. The number of nitrogens with zero attached hydrogens (tertiary/aromatic N) is 3. The third-order valence-electron chi connectivity index (χ3n) is 8.43. The quantitative estimate of drug-likeness (QED) is 0.253. The lowest BCUT2D eigenvalue weighted by molar-refractivity contribution is 0.952. The van der Waals surface area contributed by atoms with Gasteiger partial charge in [-0.15, -0.1) is 0 Å².